The number of anilines is 1. The summed E-state index contributed by atoms with van der Waals surface area (Å²) in [6.07, 6.45) is 4.92. The number of hydrogen-bond donors (Lipinski definition) is 2. The van der Waals surface area contributed by atoms with Gasteiger partial charge in [0.1, 0.15) is 11.6 Å². The molecule has 4 unspecified atom stereocenters. The van der Waals surface area contributed by atoms with Crippen molar-refractivity contribution in [2.24, 2.45) is 17.8 Å². The van der Waals surface area contributed by atoms with Crippen LogP contribution in [0, 0.1) is 29.4 Å². The van der Waals surface area contributed by atoms with Crippen LogP contribution in [0.4, 0.5) is 14.5 Å². The van der Waals surface area contributed by atoms with Gasteiger partial charge in [0.05, 0.1) is 11.3 Å². The molecule has 1 aromatic rings. The maximum Gasteiger partial charge on any atom is 0.254 e. The molecule has 5 heteroatoms. The van der Waals surface area contributed by atoms with Gasteiger partial charge in [-0.1, -0.05) is 6.42 Å². The number of nitrogen functional groups attached to an aromatic ring is 1. The number of carbonyl (C=O) groups is 1. The van der Waals surface area contributed by atoms with E-state index in [2.05, 4.69) is 5.32 Å². The van der Waals surface area contributed by atoms with E-state index in [1.807, 2.05) is 6.92 Å². The first-order chi connectivity index (χ1) is 9.95. The lowest BCUT2D eigenvalue weighted by Crippen LogP contribution is -2.40. The van der Waals surface area contributed by atoms with Crippen LogP contribution in [0.5, 0.6) is 0 Å². The minimum Gasteiger partial charge on any atom is -0.396 e. The highest BCUT2D eigenvalue weighted by Crippen LogP contribution is 2.49. The van der Waals surface area contributed by atoms with Gasteiger partial charge in [-0.05, 0) is 50.0 Å². The minimum absolute atomic E-state index is 0.00141. The van der Waals surface area contributed by atoms with Gasteiger partial charge in [-0.25, -0.2) is 8.78 Å². The van der Waals surface area contributed by atoms with Crippen molar-refractivity contribution < 1.29 is 13.6 Å². The highest BCUT2D eigenvalue weighted by atomic mass is 19.1. The smallest absolute Gasteiger partial charge is 0.254 e. The van der Waals surface area contributed by atoms with E-state index < -0.39 is 17.5 Å². The van der Waals surface area contributed by atoms with Gasteiger partial charge in [0.15, 0.2) is 0 Å². The predicted octanol–water partition coefficient (Wildman–Crippen LogP) is 3.10. The van der Waals surface area contributed by atoms with Crippen LogP contribution in [0.3, 0.4) is 0 Å². The number of benzene rings is 1. The first-order valence-corrected chi connectivity index (χ1v) is 7.51. The maximum absolute atomic E-state index is 13.7. The molecule has 1 aromatic carbocycles. The van der Waals surface area contributed by atoms with Gasteiger partial charge < -0.3 is 11.1 Å². The number of fused-ring (bicyclic) bond motifs is 2. The molecule has 2 aliphatic carbocycles. The van der Waals surface area contributed by atoms with Crippen LogP contribution in [0.15, 0.2) is 12.1 Å². The molecule has 21 heavy (non-hydrogen) atoms. The Balaban J connectivity index is 1.70. The zero-order valence-corrected chi connectivity index (χ0v) is 12.0. The van der Waals surface area contributed by atoms with E-state index in [4.69, 9.17) is 5.73 Å². The fourth-order valence-electron chi connectivity index (χ4n) is 4.04. The molecule has 4 atom stereocenters. The molecule has 3 rings (SSSR count). The summed E-state index contributed by atoms with van der Waals surface area (Å²) >= 11 is 0. The van der Waals surface area contributed by atoms with E-state index in [1.54, 1.807) is 0 Å². The molecule has 0 radical (unpaired) electrons. The average molecular weight is 294 g/mol. The van der Waals surface area contributed by atoms with Gasteiger partial charge in [-0.15, -0.1) is 0 Å². The Hall–Kier alpha value is -1.65. The van der Waals surface area contributed by atoms with Crippen molar-refractivity contribution in [1.29, 1.82) is 0 Å². The number of rotatable bonds is 3. The second-order valence-electron chi connectivity index (χ2n) is 6.45. The van der Waals surface area contributed by atoms with Gasteiger partial charge in [0.25, 0.3) is 5.91 Å². The number of hydrogen-bond acceptors (Lipinski definition) is 2. The molecule has 1 amide bonds. The van der Waals surface area contributed by atoms with E-state index in [0.29, 0.717) is 17.9 Å². The normalized spacial score (nSPS) is 28.6. The van der Waals surface area contributed by atoms with Gasteiger partial charge in [-0.3, -0.25) is 4.79 Å². The zero-order chi connectivity index (χ0) is 15.1. The summed E-state index contributed by atoms with van der Waals surface area (Å²) in [5.41, 5.74) is 5.00. The molecule has 2 fully saturated rings. The van der Waals surface area contributed by atoms with E-state index in [9.17, 15) is 13.6 Å². The number of nitrogens with one attached hydrogen (secondary N) is 1. The third kappa shape index (κ3) is 2.61. The van der Waals surface area contributed by atoms with Crippen molar-refractivity contribution in [2.45, 2.75) is 38.6 Å². The standard InChI is InChI=1S/C16H20F2N2O/c1-8(11-5-9-2-3-10(11)4-9)20-16(21)12-6-15(19)14(18)7-13(12)17/h6-11H,2-5,19H2,1H3,(H,20,21). The Morgan fingerprint density at radius 1 is 1.29 bits per heavy atom. The Bertz CT molecular complexity index is 576. The summed E-state index contributed by atoms with van der Waals surface area (Å²) in [5.74, 6) is -0.307. The zero-order valence-electron chi connectivity index (χ0n) is 12.0. The number of nitrogens with two attached hydrogens (primary N) is 1. The summed E-state index contributed by atoms with van der Waals surface area (Å²) in [7, 11) is 0. The van der Waals surface area contributed by atoms with Crippen LogP contribution in [-0.2, 0) is 0 Å². The number of amides is 1. The molecule has 0 saturated heterocycles. The van der Waals surface area contributed by atoms with Crippen LogP contribution >= 0.6 is 0 Å². The lowest BCUT2D eigenvalue weighted by atomic mass is 9.84. The molecule has 3 N–H and O–H groups in total. The summed E-state index contributed by atoms with van der Waals surface area (Å²) in [6.45, 7) is 1.97. The van der Waals surface area contributed by atoms with Gasteiger partial charge in [0, 0.05) is 12.1 Å². The first-order valence-electron chi connectivity index (χ1n) is 7.51. The quantitative estimate of drug-likeness (QED) is 0.842. The predicted molar refractivity (Wildman–Crippen MR) is 76.6 cm³/mol. The molecule has 2 saturated carbocycles. The molecule has 0 aromatic heterocycles. The van der Waals surface area contributed by atoms with Crippen molar-refractivity contribution >= 4 is 11.6 Å². The van der Waals surface area contributed by atoms with E-state index in [0.717, 1.165) is 18.4 Å². The molecule has 114 valence electrons. The highest BCUT2D eigenvalue weighted by Gasteiger charge is 2.42. The fourth-order valence-corrected chi connectivity index (χ4v) is 4.04. The summed E-state index contributed by atoms with van der Waals surface area (Å²) < 4.78 is 26.8. The SMILES string of the molecule is CC(NC(=O)c1cc(N)c(F)cc1F)C1CC2CCC1C2. The van der Waals surface area contributed by atoms with Crippen LogP contribution in [0.1, 0.15) is 43.0 Å². The van der Waals surface area contributed by atoms with Crippen LogP contribution < -0.4 is 11.1 Å². The number of halogens is 2. The van der Waals surface area contributed by atoms with Crippen LogP contribution in [-0.4, -0.2) is 11.9 Å². The van der Waals surface area contributed by atoms with Crippen LogP contribution in [0.2, 0.25) is 0 Å². The summed E-state index contributed by atoms with van der Waals surface area (Å²) in [4.78, 5) is 12.2. The second kappa shape index (κ2) is 5.28. The topological polar surface area (TPSA) is 55.1 Å². The molecule has 0 heterocycles. The molecule has 2 bridgehead atoms. The van der Waals surface area contributed by atoms with Crippen molar-refractivity contribution in [3.05, 3.63) is 29.3 Å². The Morgan fingerprint density at radius 2 is 2.05 bits per heavy atom. The molecule has 3 nitrogen and oxygen atoms in total. The van der Waals surface area contributed by atoms with Gasteiger partial charge in [-0.2, -0.15) is 0 Å². The summed E-state index contributed by atoms with van der Waals surface area (Å²) in [6, 6.07) is 1.72. The monoisotopic (exact) mass is 294 g/mol. The molecular weight excluding hydrogens is 274 g/mol. The largest absolute Gasteiger partial charge is 0.396 e. The number of carbonyl (C=O) groups excluding carboxylic acids is 1. The van der Waals surface area contributed by atoms with E-state index in [1.165, 1.54) is 19.3 Å². The molecule has 0 aliphatic heterocycles. The van der Waals surface area contributed by atoms with Gasteiger partial charge in [0.2, 0.25) is 0 Å². The Labute approximate surface area is 122 Å². The van der Waals surface area contributed by atoms with E-state index in [-0.39, 0.29) is 17.3 Å². The Kier molecular flexibility index (Phi) is 3.59. The highest BCUT2D eigenvalue weighted by molar-refractivity contribution is 5.95. The minimum atomic E-state index is -0.876. The van der Waals surface area contributed by atoms with Crippen molar-refractivity contribution in [3.63, 3.8) is 0 Å². The molecule has 0 spiro atoms. The molecule has 2 aliphatic rings. The third-order valence-corrected chi connectivity index (χ3v) is 5.12. The third-order valence-electron chi connectivity index (χ3n) is 5.12. The summed E-state index contributed by atoms with van der Waals surface area (Å²) in [5, 5.41) is 2.85. The maximum atomic E-state index is 13.7. The average Bonchev–Trinajstić information content (AvgIpc) is 3.05. The first kappa shape index (κ1) is 14.3. The van der Waals surface area contributed by atoms with Crippen LogP contribution in [0.25, 0.3) is 0 Å². The lowest BCUT2D eigenvalue weighted by Gasteiger charge is -2.28. The van der Waals surface area contributed by atoms with E-state index >= 15 is 0 Å². The lowest BCUT2D eigenvalue weighted by molar-refractivity contribution is 0.0911. The second-order valence-corrected chi connectivity index (χ2v) is 6.45. The Morgan fingerprint density at radius 3 is 2.67 bits per heavy atom. The molecular formula is C16H20F2N2O. The van der Waals surface area contributed by atoms with Crippen molar-refractivity contribution in [1.82, 2.24) is 5.32 Å². The van der Waals surface area contributed by atoms with Crippen molar-refractivity contribution in [3.8, 4) is 0 Å². The van der Waals surface area contributed by atoms with Gasteiger partial charge >= 0.3 is 0 Å². The fraction of sp³-hybridized carbons (Fsp3) is 0.562. The van der Waals surface area contributed by atoms with Crippen molar-refractivity contribution in [2.75, 3.05) is 5.73 Å².